The quantitative estimate of drug-likeness (QED) is 0.268. The first-order chi connectivity index (χ1) is 14.2. The number of benzene rings is 1. The summed E-state index contributed by atoms with van der Waals surface area (Å²) < 4.78 is 71.9. The van der Waals surface area contributed by atoms with Crippen LogP contribution in [0.5, 0.6) is 5.75 Å². The Bertz CT molecular complexity index is 1040. The summed E-state index contributed by atoms with van der Waals surface area (Å²) >= 11 is 0. The number of hydrogen-bond acceptors (Lipinski definition) is 6. The molecule has 0 spiro atoms. The van der Waals surface area contributed by atoms with Gasteiger partial charge in [-0.05, 0) is 43.7 Å². The molecule has 0 aliphatic carbocycles. The molecule has 0 saturated heterocycles. The fraction of sp³-hybridized carbons (Fsp3) is 0.500. The van der Waals surface area contributed by atoms with Crippen LogP contribution in [0, 0.1) is 12.8 Å². The maximum Gasteiger partial charge on any atom is 0.534 e. The summed E-state index contributed by atoms with van der Waals surface area (Å²) in [5, 5.41) is 8.95. The second-order valence-corrected chi connectivity index (χ2v) is 8.87. The van der Waals surface area contributed by atoms with Crippen LogP contribution in [0.2, 0.25) is 0 Å². The van der Waals surface area contributed by atoms with Gasteiger partial charge in [-0.25, -0.2) is 4.79 Å². The van der Waals surface area contributed by atoms with Crippen LogP contribution < -0.4 is 4.18 Å². The van der Waals surface area contributed by atoms with E-state index in [0.29, 0.717) is 23.1 Å². The first-order valence-electron chi connectivity index (χ1n) is 9.44. The van der Waals surface area contributed by atoms with Crippen molar-refractivity contribution >= 4 is 22.1 Å². The molecule has 2 rings (SSSR count). The number of fused-ring (bicyclic) bond motifs is 1. The number of carbonyl (C=O) groups excluding carboxylic acids is 1. The first kappa shape index (κ1) is 24.7. The van der Waals surface area contributed by atoms with Gasteiger partial charge < -0.3 is 14.0 Å². The fourth-order valence-corrected chi connectivity index (χ4v) is 3.96. The highest BCUT2D eigenvalue weighted by atomic mass is 32.2. The standard InChI is InChI=1S/C20H23F3O7S/c1-5-13-12(4)15-9-29-19(26)17(15)18(30-31(27,28)20(21,22)23)14(13)7-6-10(2)11(3)8-16(24)25/h6,11H,5,7-9H2,1-4H3,(H,24,25). The van der Waals surface area contributed by atoms with Gasteiger partial charge in [0.15, 0.2) is 5.75 Å². The number of allylic oxidation sites excluding steroid dienone is 2. The fourth-order valence-electron chi connectivity index (χ4n) is 3.46. The van der Waals surface area contributed by atoms with Crippen LogP contribution in [0.4, 0.5) is 13.2 Å². The molecular weight excluding hydrogens is 441 g/mol. The zero-order valence-corrected chi connectivity index (χ0v) is 18.2. The summed E-state index contributed by atoms with van der Waals surface area (Å²) in [5.74, 6) is -3.02. The van der Waals surface area contributed by atoms with E-state index in [1.54, 1.807) is 33.8 Å². The minimum absolute atomic E-state index is 0.0525. The molecule has 0 radical (unpaired) electrons. The molecular formula is C20H23F3O7S. The van der Waals surface area contributed by atoms with E-state index in [1.165, 1.54) is 0 Å². The SMILES string of the molecule is CCc1c(C)c2c(c(OS(=O)(=O)C(F)(F)F)c1CC=C(C)C(C)CC(=O)O)C(=O)OC2. The smallest absolute Gasteiger partial charge is 0.481 e. The molecule has 1 aromatic carbocycles. The summed E-state index contributed by atoms with van der Waals surface area (Å²) in [6.45, 7) is 6.56. The van der Waals surface area contributed by atoms with Gasteiger partial charge in [0.2, 0.25) is 0 Å². The Morgan fingerprint density at radius 1 is 1.32 bits per heavy atom. The van der Waals surface area contributed by atoms with E-state index in [4.69, 9.17) is 9.84 Å². The van der Waals surface area contributed by atoms with Crippen molar-refractivity contribution in [1.29, 1.82) is 0 Å². The number of hydrogen-bond donors (Lipinski definition) is 1. The van der Waals surface area contributed by atoms with Gasteiger partial charge >= 0.3 is 27.6 Å². The topological polar surface area (TPSA) is 107 Å². The predicted octanol–water partition coefficient (Wildman–Crippen LogP) is 4.06. The normalized spacial score (nSPS) is 15.5. The van der Waals surface area contributed by atoms with Crippen molar-refractivity contribution in [2.45, 2.75) is 59.1 Å². The molecule has 0 amide bonds. The molecule has 1 heterocycles. The van der Waals surface area contributed by atoms with E-state index in [9.17, 15) is 31.2 Å². The maximum absolute atomic E-state index is 13.0. The van der Waals surface area contributed by atoms with E-state index in [1.807, 2.05) is 0 Å². The number of carboxylic acid groups (broad SMARTS) is 1. The highest BCUT2D eigenvalue weighted by molar-refractivity contribution is 7.88. The molecule has 1 aromatic rings. The van der Waals surface area contributed by atoms with Gasteiger partial charge in [-0.3, -0.25) is 4.79 Å². The third-order valence-corrected chi connectivity index (χ3v) is 6.29. The molecule has 1 unspecified atom stereocenters. The van der Waals surface area contributed by atoms with E-state index in [0.717, 1.165) is 0 Å². The second kappa shape index (κ2) is 8.89. The van der Waals surface area contributed by atoms with Gasteiger partial charge in [-0.15, -0.1) is 0 Å². The van der Waals surface area contributed by atoms with Gasteiger partial charge in [-0.1, -0.05) is 25.5 Å². The first-order valence-corrected chi connectivity index (χ1v) is 10.9. The van der Waals surface area contributed by atoms with Crippen LogP contribution in [0.1, 0.15) is 59.8 Å². The predicted molar refractivity (Wildman–Crippen MR) is 104 cm³/mol. The average molecular weight is 464 g/mol. The van der Waals surface area contributed by atoms with Gasteiger partial charge in [-0.2, -0.15) is 21.6 Å². The Hall–Kier alpha value is -2.56. The lowest BCUT2D eigenvalue weighted by atomic mass is 9.88. The van der Waals surface area contributed by atoms with Crippen molar-refractivity contribution in [3.8, 4) is 5.75 Å². The largest absolute Gasteiger partial charge is 0.534 e. The minimum Gasteiger partial charge on any atom is -0.481 e. The second-order valence-electron chi connectivity index (χ2n) is 7.33. The molecule has 0 saturated carbocycles. The third-order valence-electron chi connectivity index (χ3n) is 5.34. The van der Waals surface area contributed by atoms with Crippen molar-refractivity contribution in [2.24, 2.45) is 5.92 Å². The molecule has 1 aliphatic heterocycles. The molecule has 11 heteroatoms. The summed E-state index contributed by atoms with van der Waals surface area (Å²) in [6.07, 6.45) is 1.73. The lowest BCUT2D eigenvalue weighted by molar-refractivity contribution is -0.137. The summed E-state index contributed by atoms with van der Waals surface area (Å²) in [5.41, 5.74) is -3.81. The van der Waals surface area contributed by atoms with Crippen LogP contribution in [-0.4, -0.2) is 31.0 Å². The number of carbonyl (C=O) groups is 2. The van der Waals surface area contributed by atoms with Gasteiger partial charge in [0, 0.05) is 11.1 Å². The maximum atomic E-state index is 13.0. The number of alkyl halides is 3. The van der Waals surface area contributed by atoms with E-state index < -0.39 is 33.3 Å². The van der Waals surface area contributed by atoms with Crippen LogP contribution in [0.25, 0.3) is 0 Å². The number of cyclic esters (lactones) is 1. The Morgan fingerprint density at radius 3 is 2.45 bits per heavy atom. The Balaban J connectivity index is 2.68. The van der Waals surface area contributed by atoms with Crippen molar-refractivity contribution in [2.75, 3.05) is 0 Å². The van der Waals surface area contributed by atoms with Gasteiger partial charge in [0.05, 0.1) is 6.42 Å². The molecule has 0 bridgehead atoms. The summed E-state index contributed by atoms with van der Waals surface area (Å²) in [6, 6.07) is 0. The molecule has 0 fully saturated rings. The lowest BCUT2D eigenvalue weighted by Crippen LogP contribution is -2.29. The molecule has 1 atom stereocenters. The average Bonchev–Trinajstić information content (AvgIpc) is 3.02. The number of rotatable bonds is 8. The zero-order chi connectivity index (χ0) is 23.7. The summed E-state index contributed by atoms with van der Waals surface area (Å²) in [7, 11) is -6.03. The van der Waals surface area contributed by atoms with Crippen molar-refractivity contribution < 1.29 is 45.2 Å². The lowest BCUT2D eigenvalue weighted by Gasteiger charge is -2.20. The molecule has 0 aromatic heterocycles. The van der Waals surface area contributed by atoms with Crippen molar-refractivity contribution in [1.82, 2.24) is 0 Å². The Kier molecular flexibility index (Phi) is 7.09. The monoisotopic (exact) mass is 464 g/mol. The Labute approximate surface area is 178 Å². The van der Waals surface area contributed by atoms with Crippen molar-refractivity contribution in [3.63, 3.8) is 0 Å². The minimum atomic E-state index is -6.03. The highest BCUT2D eigenvalue weighted by Crippen LogP contribution is 2.41. The third kappa shape index (κ3) is 5.03. The Morgan fingerprint density at radius 2 is 1.94 bits per heavy atom. The van der Waals surface area contributed by atoms with Crippen LogP contribution in [-0.2, 0) is 39.1 Å². The number of esters is 1. The molecule has 1 N–H and O–H groups in total. The molecule has 1 aliphatic rings. The molecule has 7 nitrogen and oxygen atoms in total. The van der Waals surface area contributed by atoms with Gasteiger partial charge in [0.25, 0.3) is 0 Å². The van der Waals surface area contributed by atoms with E-state index >= 15 is 0 Å². The number of aliphatic carboxylic acids is 1. The van der Waals surface area contributed by atoms with Crippen LogP contribution >= 0.6 is 0 Å². The number of carboxylic acids is 1. The van der Waals surface area contributed by atoms with Crippen LogP contribution in [0.3, 0.4) is 0 Å². The highest BCUT2D eigenvalue weighted by Gasteiger charge is 2.50. The number of ether oxygens (including phenoxy) is 1. The zero-order valence-electron chi connectivity index (χ0n) is 17.4. The number of halogens is 3. The van der Waals surface area contributed by atoms with E-state index in [-0.39, 0.29) is 42.1 Å². The summed E-state index contributed by atoms with van der Waals surface area (Å²) in [4.78, 5) is 23.2. The van der Waals surface area contributed by atoms with Gasteiger partial charge in [0.1, 0.15) is 12.2 Å². The van der Waals surface area contributed by atoms with Crippen LogP contribution in [0.15, 0.2) is 11.6 Å². The van der Waals surface area contributed by atoms with E-state index in [2.05, 4.69) is 4.18 Å². The molecule has 31 heavy (non-hydrogen) atoms. The van der Waals surface area contributed by atoms with Crippen molar-refractivity contribution in [3.05, 3.63) is 39.5 Å². The molecule has 172 valence electrons.